The summed E-state index contributed by atoms with van der Waals surface area (Å²) in [5.74, 6) is -0.135. The Morgan fingerprint density at radius 3 is 2.83 bits per heavy atom. The molecule has 1 aliphatic rings. The first-order valence-electron chi connectivity index (χ1n) is 7.74. The van der Waals surface area contributed by atoms with Crippen LogP contribution in [0, 0.1) is 10.1 Å². The lowest BCUT2D eigenvalue weighted by atomic mass is 10.1. The van der Waals surface area contributed by atoms with Gasteiger partial charge in [0.05, 0.1) is 18.2 Å². The van der Waals surface area contributed by atoms with E-state index in [0.717, 1.165) is 32.6 Å². The SMILES string of the molecule is CCCOc1ccc(C(=O)NCN2CCNCC2)cc1[N+](=O)[O-]. The molecule has 1 heterocycles. The highest BCUT2D eigenvalue weighted by Gasteiger charge is 2.19. The number of hydrogen-bond acceptors (Lipinski definition) is 6. The Kier molecular flexibility index (Phi) is 6.30. The van der Waals surface area contributed by atoms with Gasteiger partial charge in [-0.2, -0.15) is 0 Å². The maximum Gasteiger partial charge on any atom is 0.311 e. The predicted molar refractivity (Wildman–Crippen MR) is 85.7 cm³/mol. The number of carbonyl (C=O) groups excluding carboxylic acids is 1. The largest absolute Gasteiger partial charge is 0.487 e. The van der Waals surface area contributed by atoms with Gasteiger partial charge in [0.25, 0.3) is 5.91 Å². The number of benzene rings is 1. The van der Waals surface area contributed by atoms with E-state index < -0.39 is 4.92 Å². The van der Waals surface area contributed by atoms with Crippen LogP contribution in [0.4, 0.5) is 5.69 Å². The molecule has 23 heavy (non-hydrogen) atoms. The van der Waals surface area contributed by atoms with Crippen LogP contribution in [0.1, 0.15) is 23.7 Å². The van der Waals surface area contributed by atoms with E-state index in [4.69, 9.17) is 4.74 Å². The number of ether oxygens (including phenoxy) is 1. The van der Waals surface area contributed by atoms with Crippen molar-refractivity contribution >= 4 is 11.6 Å². The zero-order valence-corrected chi connectivity index (χ0v) is 13.2. The van der Waals surface area contributed by atoms with Gasteiger partial charge in [0.2, 0.25) is 0 Å². The Hall–Kier alpha value is -2.19. The quantitative estimate of drug-likeness (QED) is 0.574. The molecule has 126 valence electrons. The zero-order chi connectivity index (χ0) is 16.7. The van der Waals surface area contributed by atoms with Crippen molar-refractivity contribution in [1.29, 1.82) is 0 Å². The van der Waals surface area contributed by atoms with Crippen LogP contribution < -0.4 is 15.4 Å². The van der Waals surface area contributed by atoms with Gasteiger partial charge in [-0.25, -0.2) is 0 Å². The van der Waals surface area contributed by atoms with Gasteiger partial charge >= 0.3 is 5.69 Å². The van der Waals surface area contributed by atoms with Crippen molar-refractivity contribution in [2.24, 2.45) is 0 Å². The number of carbonyl (C=O) groups is 1. The zero-order valence-electron chi connectivity index (χ0n) is 13.2. The Bertz CT molecular complexity index is 558. The molecule has 1 saturated heterocycles. The van der Waals surface area contributed by atoms with Gasteiger partial charge in [0.15, 0.2) is 5.75 Å². The number of piperazine rings is 1. The van der Waals surface area contributed by atoms with Crippen molar-refractivity contribution in [2.75, 3.05) is 39.5 Å². The highest BCUT2D eigenvalue weighted by Crippen LogP contribution is 2.28. The first-order valence-corrected chi connectivity index (χ1v) is 7.74. The maximum absolute atomic E-state index is 12.2. The fourth-order valence-electron chi connectivity index (χ4n) is 2.29. The summed E-state index contributed by atoms with van der Waals surface area (Å²) < 4.78 is 5.35. The highest BCUT2D eigenvalue weighted by atomic mass is 16.6. The molecule has 1 aromatic carbocycles. The third-order valence-corrected chi connectivity index (χ3v) is 3.55. The fraction of sp³-hybridized carbons (Fsp3) is 0.533. The summed E-state index contributed by atoms with van der Waals surface area (Å²) in [6, 6.07) is 4.29. The second kappa shape index (κ2) is 8.44. The average molecular weight is 322 g/mol. The van der Waals surface area contributed by atoms with Gasteiger partial charge in [-0.3, -0.25) is 19.8 Å². The normalized spacial score (nSPS) is 15.2. The Morgan fingerprint density at radius 1 is 1.43 bits per heavy atom. The number of rotatable bonds is 7. The van der Waals surface area contributed by atoms with Gasteiger partial charge in [-0.1, -0.05) is 6.92 Å². The summed E-state index contributed by atoms with van der Waals surface area (Å²) in [7, 11) is 0. The molecule has 8 heteroatoms. The molecule has 0 spiro atoms. The second-order valence-corrected chi connectivity index (χ2v) is 5.32. The van der Waals surface area contributed by atoms with Gasteiger partial charge in [0.1, 0.15) is 0 Å². The predicted octanol–water partition coefficient (Wildman–Crippen LogP) is 0.976. The lowest BCUT2D eigenvalue weighted by Gasteiger charge is -2.27. The minimum Gasteiger partial charge on any atom is -0.487 e. The molecule has 1 fully saturated rings. The maximum atomic E-state index is 12.2. The van der Waals surface area contributed by atoms with Gasteiger partial charge in [-0.15, -0.1) is 0 Å². The molecule has 2 rings (SSSR count). The van der Waals surface area contributed by atoms with Crippen LogP contribution in [0.5, 0.6) is 5.75 Å². The summed E-state index contributed by atoms with van der Waals surface area (Å²) in [6.07, 6.45) is 0.754. The summed E-state index contributed by atoms with van der Waals surface area (Å²) >= 11 is 0. The summed E-state index contributed by atoms with van der Waals surface area (Å²) in [6.45, 7) is 6.27. The molecule has 0 aromatic heterocycles. The molecular weight excluding hydrogens is 300 g/mol. The molecule has 0 atom stereocenters. The molecule has 1 aliphatic heterocycles. The number of hydrogen-bond donors (Lipinski definition) is 2. The first kappa shape index (κ1) is 17.2. The van der Waals surface area contributed by atoms with Gasteiger partial charge in [0, 0.05) is 37.8 Å². The molecule has 0 saturated carbocycles. The lowest BCUT2D eigenvalue weighted by Crippen LogP contribution is -2.48. The number of nitro benzene ring substituents is 1. The highest BCUT2D eigenvalue weighted by molar-refractivity contribution is 5.95. The Morgan fingerprint density at radius 2 is 2.17 bits per heavy atom. The Labute approximate surface area is 134 Å². The van der Waals surface area contributed by atoms with E-state index in [1.807, 2.05) is 6.92 Å². The second-order valence-electron chi connectivity index (χ2n) is 5.32. The topological polar surface area (TPSA) is 96.7 Å². The van der Waals surface area contributed by atoms with Crippen molar-refractivity contribution < 1.29 is 14.5 Å². The van der Waals surface area contributed by atoms with Crippen molar-refractivity contribution in [2.45, 2.75) is 13.3 Å². The van der Waals surface area contributed by atoms with E-state index in [9.17, 15) is 14.9 Å². The smallest absolute Gasteiger partial charge is 0.311 e. The lowest BCUT2D eigenvalue weighted by molar-refractivity contribution is -0.385. The third-order valence-electron chi connectivity index (χ3n) is 3.55. The molecular formula is C15H22N4O4. The van der Waals surface area contributed by atoms with Crippen molar-refractivity contribution in [3.63, 3.8) is 0 Å². The molecule has 1 amide bonds. The van der Waals surface area contributed by atoms with Gasteiger partial charge < -0.3 is 15.4 Å². The average Bonchev–Trinajstić information content (AvgIpc) is 2.58. The van der Waals surface area contributed by atoms with Crippen LogP contribution in [0.15, 0.2) is 18.2 Å². The number of nitrogens with one attached hydrogen (secondary N) is 2. The summed E-state index contributed by atoms with van der Waals surface area (Å²) in [5, 5.41) is 17.2. The van der Waals surface area contributed by atoms with E-state index in [1.54, 1.807) is 6.07 Å². The first-order chi connectivity index (χ1) is 11.1. The van der Waals surface area contributed by atoms with Crippen LogP contribution >= 0.6 is 0 Å². The van der Waals surface area contributed by atoms with Crippen LogP contribution in [0.2, 0.25) is 0 Å². The standard InChI is InChI=1S/C15H22N4O4/c1-2-9-23-14-4-3-12(10-13(14)19(21)22)15(20)17-11-18-7-5-16-6-8-18/h3-4,10,16H,2,5-9,11H2,1H3,(H,17,20). The number of nitrogens with zero attached hydrogens (tertiary/aromatic N) is 2. The molecule has 0 aliphatic carbocycles. The van der Waals surface area contributed by atoms with Crippen molar-refractivity contribution in [1.82, 2.24) is 15.5 Å². The third kappa shape index (κ3) is 4.90. The van der Waals surface area contributed by atoms with E-state index in [2.05, 4.69) is 15.5 Å². The molecule has 0 bridgehead atoms. The summed E-state index contributed by atoms with van der Waals surface area (Å²) in [5.41, 5.74) is 0.0731. The van der Waals surface area contributed by atoms with Crippen LogP contribution in [-0.2, 0) is 0 Å². The fourth-order valence-corrected chi connectivity index (χ4v) is 2.29. The molecule has 8 nitrogen and oxygen atoms in total. The van der Waals surface area contributed by atoms with Crippen LogP contribution in [0.25, 0.3) is 0 Å². The summed E-state index contributed by atoms with van der Waals surface area (Å²) in [4.78, 5) is 24.9. The molecule has 1 aromatic rings. The number of amides is 1. The van der Waals surface area contributed by atoms with E-state index >= 15 is 0 Å². The van der Waals surface area contributed by atoms with E-state index in [1.165, 1.54) is 12.1 Å². The van der Waals surface area contributed by atoms with E-state index in [-0.39, 0.29) is 22.9 Å². The monoisotopic (exact) mass is 322 g/mol. The molecule has 2 N–H and O–H groups in total. The minimum atomic E-state index is -0.530. The van der Waals surface area contributed by atoms with Gasteiger partial charge in [-0.05, 0) is 18.6 Å². The number of nitro groups is 1. The van der Waals surface area contributed by atoms with Crippen molar-refractivity contribution in [3.8, 4) is 5.75 Å². The minimum absolute atomic E-state index is 0.187. The van der Waals surface area contributed by atoms with Crippen molar-refractivity contribution in [3.05, 3.63) is 33.9 Å². The molecule has 0 radical (unpaired) electrons. The van der Waals surface area contributed by atoms with Crippen LogP contribution in [0.3, 0.4) is 0 Å². The molecule has 0 unspecified atom stereocenters. The van der Waals surface area contributed by atoms with E-state index in [0.29, 0.717) is 13.3 Å². The Balaban J connectivity index is 2.01. The van der Waals surface area contributed by atoms with Crippen LogP contribution in [-0.4, -0.2) is 55.2 Å².